The molecule has 2 aliphatic heterocycles. The van der Waals surface area contributed by atoms with Gasteiger partial charge in [0.2, 0.25) is 23.6 Å². The molecule has 404 valence electrons. The Hall–Kier alpha value is -5.04. The molecule has 6 heterocycles. The van der Waals surface area contributed by atoms with E-state index in [1.54, 1.807) is 28.7 Å². The molecule has 23 heteroatoms. The Bertz CT molecular complexity index is 2850. The third-order valence-corrected chi connectivity index (χ3v) is 16.6. The number of nitrogens with one attached hydrogen (secondary N) is 3. The Kier molecular flexibility index (Phi) is 22.4. The minimum Gasteiger partial charge on any atom is -0.475 e. The number of alkyl halides is 3. The topological polar surface area (TPSA) is 246 Å². The third-order valence-electron chi connectivity index (χ3n) is 12.5. The second-order valence-electron chi connectivity index (χ2n) is 18.7. The number of nitrogens with zero attached hydrogens (tertiary/aromatic N) is 5. The lowest BCUT2D eigenvalue weighted by Gasteiger charge is -2.28. The number of β-amino-alcohol motifs (C(OH)–C–C–N with tert-alkyl or cyclic N) is 2. The number of aryl methyl sites for hydroxylation is 2. The SMILES string of the molecule is BrCCBr.Cc1ncsc1-c1ccc(CNC(=O)[C@@H]2C[C@@H](O)CN2C(=O)C(c2cc(=O)[nH]o2)C(C)C)cc1.Cc1ncsc1-c1ccc(CNC(=O)[C@@H]2C[C@@H](O)CN2C(=O)C(c2cc(OCCBr)no2)C(C)C)cc1. The van der Waals surface area contributed by atoms with Crippen LogP contribution < -0.4 is 20.9 Å². The highest BCUT2D eigenvalue weighted by Crippen LogP contribution is 2.34. The zero-order valence-electron chi connectivity index (χ0n) is 42.5. The van der Waals surface area contributed by atoms with E-state index in [0.29, 0.717) is 36.7 Å². The first-order valence-electron chi connectivity index (χ1n) is 24.4. The van der Waals surface area contributed by atoms with Crippen LogP contribution in [0.1, 0.15) is 86.4 Å². The fourth-order valence-corrected chi connectivity index (χ4v) is 10.6. The van der Waals surface area contributed by atoms with Crippen molar-refractivity contribution in [3.8, 4) is 26.8 Å². The molecule has 4 aromatic heterocycles. The first kappa shape index (κ1) is 59.2. The molecular weight excluding hydrogens is 1200 g/mol. The van der Waals surface area contributed by atoms with Gasteiger partial charge in [0.15, 0.2) is 11.5 Å². The summed E-state index contributed by atoms with van der Waals surface area (Å²) in [6.07, 6.45) is -1.24. The molecular formula is C52H63Br3N8O10S2. The first-order valence-corrected chi connectivity index (χ1v) is 29.5. The number of amides is 4. The average Bonchev–Trinajstić information content (AvgIpc) is 4.28. The predicted octanol–water partition coefficient (Wildman–Crippen LogP) is 8.09. The highest BCUT2D eigenvalue weighted by atomic mass is 79.9. The van der Waals surface area contributed by atoms with Crippen LogP contribution >= 0.6 is 70.5 Å². The number of aromatic amines is 1. The van der Waals surface area contributed by atoms with Crippen LogP contribution in [0.5, 0.6) is 5.88 Å². The molecule has 6 atom stereocenters. The second-order valence-corrected chi connectivity index (χ2v) is 22.8. The molecule has 0 bridgehead atoms. The molecule has 18 nitrogen and oxygen atoms in total. The van der Waals surface area contributed by atoms with Gasteiger partial charge in [-0.15, -0.1) is 22.7 Å². The molecule has 2 unspecified atom stereocenters. The number of aliphatic hydroxyl groups is 2. The Morgan fingerprint density at radius 2 is 1.17 bits per heavy atom. The number of aliphatic hydroxyl groups excluding tert-OH is 2. The standard InChI is InChI=1S/C26H31BrN4O5S.C24H28N4O5S.C2H4Br2/c1-15(2)23(21-11-22(30-36-21)35-9-8-27)26(34)31-13-19(32)10-20(31)25(33)28-12-17-4-6-18(7-5-17)24-16(3)29-14-37-24;1-13(2)21(19-9-20(30)27-33-19)24(32)28-11-17(29)8-18(28)23(31)25-10-15-4-6-16(7-5-15)22-14(3)26-12-34-22;3-1-2-4/h4-7,11,14-15,19-20,23,32H,8-10,12-13H2,1-3H3,(H,28,33);4-7,9,12-13,17-18,21,29H,8,10-11H2,1-3H3,(H,25,31)(H,27,30);1-2H2/t19-,20+,23?;17-,18+,21?;/m11./s1. The van der Waals surface area contributed by atoms with Crippen molar-refractivity contribution >= 4 is 94.1 Å². The molecule has 75 heavy (non-hydrogen) atoms. The maximum atomic E-state index is 13.6. The van der Waals surface area contributed by atoms with E-state index in [4.69, 9.17) is 13.8 Å². The monoisotopic (exact) mass is 1260 g/mol. The van der Waals surface area contributed by atoms with Crippen LogP contribution in [-0.4, -0.2) is 124 Å². The average molecular weight is 1260 g/mol. The van der Waals surface area contributed by atoms with E-state index >= 15 is 0 Å². The number of hydrogen-bond donors (Lipinski definition) is 5. The number of aromatic nitrogens is 4. The number of likely N-dealkylation sites (tertiary alicyclic amines) is 2. The van der Waals surface area contributed by atoms with Crippen LogP contribution in [0, 0.1) is 25.7 Å². The van der Waals surface area contributed by atoms with E-state index in [1.807, 2.05) is 101 Å². The summed E-state index contributed by atoms with van der Waals surface area (Å²) in [7, 11) is 0. The molecule has 2 aliphatic rings. The molecule has 0 spiro atoms. The summed E-state index contributed by atoms with van der Waals surface area (Å²) in [5.74, 6) is -2.03. The lowest BCUT2D eigenvalue weighted by atomic mass is 9.91. The van der Waals surface area contributed by atoms with Crippen molar-refractivity contribution in [1.29, 1.82) is 0 Å². The molecule has 0 radical (unpaired) electrons. The van der Waals surface area contributed by atoms with Crippen molar-refractivity contribution in [2.24, 2.45) is 11.8 Å². The van der Waals surface area contributed by atoms with Gasteiger partial charge in [-0.3, -0.25) is 24.0 Å². The Morgan fingerprint density at radius 1 is 0.720 bits per heavy atom. The van der Waals surface area contributed by atoms with Crippen molar-refractivity contribution in [1.82, 2.24) is 40.7 Å². The minimum atomic E-state index is -0.798. The number of carbonyl (C=O) groups excluding carboxylic acids is 4. The number of ether oxygens (including phenoxy) is 1. The Balaban J connectivity index is 0.000000228. The molecule has 0 saturated carbocycles. The van der Waals surface area contributed by atoms with E-state index in [2.05, 4.69) is 78.7 Å². The van der Waals surface area contributed by atoms with Crippen molar-refractivity contribution in [3.63, 3.8) is 0 Å². The summed E-state index contributed by atoms with van der Waals surface area (Å²) in [5, 5.41) is 35.3. The molecule has 8 rings (SSSR count). The van der Waals surface area contributed by atoms with Crippen molar-refractivity contribution in [2.45, 2.75) is 104 Å². The van der Waals surface area contributed by atoms with Gasteiger partial charge in [0, 0.05) is 67.1 Å². The normalized spacial score (nSPS) is 18.0. The fourth-order valence-electron chi connectivity index (χ4n) is 8.84. The van der Waals surface area contributed by atoms with Gasteiger partial charge in [-0.2, -0.15) is 5.16 Å². The summed E-state index contributed by atoms with van der Waals surface area (Å²) in [6.45, 7) is 12.6. The summed E-state index contributed by atoms with van der Waals surface area (Å²) in [5.41, 5.74) is 9.19. The minimum absolute atomic E-state index is 0.0533. The van der Waals surface area contributed by atoms with Gasteiger partial charge in [0.1, 0.15) is 23.9 Å². The van der Waals surface area contributed by atoms with E-state index in [9.17, 15) is 34.2 Å². The van der Waals surface area contributed by atoms with Crippen LogP contribution in [0.25, 0.3) is 20.9 Å². The molecule has 4 amide bonds. The molecule has 2 aromatic carbocycles. The molecule has 2 saturated heterocycles. The van der Waals surface area contributed by atoms with Gasteiger partial charge in [-0.25, -0.2) is 9.97 Å². The van der Waals surface area contributed by atoms with Gasteiger partial charge in [-0.05, 0) is 53.1 Å². The molecule has 2 fully saturated rings. The number of hydrogen-bond acceptors (Lipinski definition) is 15. The van der Waals surface area contributed by atoms with Gasteiger partial charge in [0.25, 0.3) is 11.4 Å². The zero-order chi connectivity index (χ0) is 54.3. The van der Waals surface area contributed by atoms with Gasteiger partial charge in [-0.1, -0.05) is 124 Å². The second kappa shape index (κ2) is 28.4. The van der Waals surface area contributed by atoms with Gasteiger partial charge in [0.05, 0.1) is 51.0 Å². The summed E-state index contributed by atoms with van der Waals surface area (Å²) in [4.78, 5) is 78.3. The fraction of sp³-hybridized carbons (Fsp3) is 0.462. The van der Waals surface area contributed by atoms with Gasteiger partial charge < -0.3 is 44.4 Å². The highest BCUT2D eigenvalue weighted by Gasteiger charge is 2.44. The van der Waals surface area contributed by atoms with Crippen LogP contribution in [0.4, 0.5) is 0 Å². The number of thiazole rings is 2. The van der Waals surface area contributed by atoms with E-state index in [-0.39, 0.29) is 67.2 Å². The van der Waals surface area contributed by atoms with E-state index in [0.717, 1.165) is 54.1 Å². The van der Waals surface area contributed by atoms with Crippen LogP contribution in [0.2, 0.25) is 0 Å². The van der Waals surface area contributed by atoms with Crippen LogP contribution in [0.15, 0.2) is 85.5 Å². The van der Waals surface area contributed by atoms with Crippen molar-refractivity contribution in [2.75, 3.05) is 35.7 Å². The van der Waals surface area contributed by atoms with Crippen molar-refractivity contribution in [3.05, 3.63) is 116 Å². The smallest absolute Gasteiger partial charge is 0.280 e. The maximum absolute atomic E-state index is 13.6. The number of rotatable bonds is 18. The largest absolute Gasteiger partial charge is 0.475 e. The quantitative estimate of drug-likeness (QED) is 0.0512. The van der Waals surface area contributed by atoms with Crippen LogP contribution in [-0.2, 0) is 32.3 Å². The lowest BCUT2D eigenvalue weighted by Crippen LogP contribution is -2.48. The number of halogens is 3. The Morgan fingerprint density at radius 3 is 1.55 bits per heavy atom. The summed E-state index contributed by atoms with van der Waals surface area (Å²) < 4.78 is 16.1. The number of H-pyrrole nitrogens is 1. The highest BCUT2D eigenvalue weighted by molar-refractivity contribution is 9.12. The lowest BCUT2D eigenvalue weighted by molar-refractivity contribution is -0.141. The van der Waals surface area contributed by atoms with Gasteiger partial charge >= 0.3 is 0 Å². The predicted molar refractivity (Wildman–Crippen MR) is 298 cm³/mol. The molecule has 6 aromatic rings. The van der Waals surface area contributed by atoms with Crippen LogP contribution in [0.3, 0.4) is 0 Å². The maximum Gasteiger partial charge on any atom is 0.280 e. The van der Waals surface area contributed by atoms with E-state index < -0.39 is 41.7 Å². The first-order chi connectivity index (χ1) is 35.9. The van der Waals surface area contributed by atoms with Crippen molar-refractivity contribution < 1.29 is 43.2 Å². The zero-order valence-corrected chi connectivity index (χ0v) is 48.9. The van der Waals surface area contributed by atoms with E-state index in [1.165, 1.54) is 15.9 Å². The number of carbonyl (C=O) groups is 4. The third kappa shape index (κ3) is 15.8. The molecule has 5 N–H and O–H groups in total. The summed E-state index contributed by atoms with van der Waals surface area (Å²) in [6, 6.07) is 17.1. The Labute approximate surface area is 468 Å². The number of benzene rings is 2. The molecule has 0 aliphatic carbocycles. The summed E-state index contributed by atoms with van der Waals surface area (Å²) >= 11 is 12.9.